The van der Waals surface area contributed by atoms with Gasteiger partial charge in [-0.3, -0.25) is 4.79 Å². The molecule has 2 aromatic rings. The van der Waals surface area contributed by atoms with E-state index in [9.17, 15) is 4.79 Å². The molecular weight excluding hydrogens is 338 g/mol. The van der Waals surface area contributed by atoms with Gasteiger partial charge in [0.15, 0.2) is 0 Å². The maximum atomic E-state index is 11.9. The van der Waals surface area contributed by atoms with Gasteiger partial charge in [0.2, 0.25) is 0 Å². The van der Waals surface area contributed by atoms with Crippen molar-refractivity contribution in [3.63, 3.8) is 0 Å². The molecule has 0 radical (unpaired) electrons. The Bertz CT molecular complexity index is 655. The maximum Gasteiger partial charge on any atom is 0.250 e. The predicted octanol–water partition coefficient (Wildman–Crippen LogP) is 4.00. The molecule has 0 spiro atoms. The van der Waals surface area contributed by atoms with Crippen molar-refractivity contribution < 1.29 is 4.74 Å². The van der Waals surface area contributed by atoms with Crippen LogP contribution in [0.25, 0.3) is 11.3 Å². The number of halogens is 1. The van der Waals surface area contributed by atoms with Crippen molar-refractivity contribution in [3.8, 4) is 17.0 Å². The molecule has 0 bridgehead atoms. The monoisotopic (exact) mass is 353 g/mol. The molecule has 5 heteroatoms. The molecule has 1 heterocycles. The van der Waals surface area contributed by atoms with Gasteiger partial charge in [0.1, 0.15) is 11.7 Å². The minimum atomic E-state index is 0.0135. The number of benzene rings is 1. The van der Waals surface area contributed by atoms with Crippen LogP contribution in [-0.4, -0.2) is 16.8 Å². The highest BCUT2D eigenvalue weighted by atomic mass is 79.9. The first-order valence-electron chi connectivity index (χ1n) is 6.29. The third-order valence-corrected chi connectivity index (χ3v) is 3.94. The zero-order valence-electron chi connectivity index (χ0n) is 11.4. The van der Waals surface area contributed by atoms with Crippen LogP contribution in [0.3, 0.4) is 0 Å². The van der Waals surface area contributed by atoms with Gasteiger partial charge in [0, 0.05) is 22.6 Å². The second kappa shape index (κ2) is 6.99. The highest BCUT2D eigenvalue weighted by Gasteiger charge is 2.09. The van der Waals surface area contributed by atoms with E-state index in [1.807, 2.05) is 37.4 Å². The number of hydrogen-bond donors (Lipinski definition) is 0. The first-order valence-corrected chi connectivity index (χ1v) is 8.47. The molecule has 2 rings (SSSR count). The third kappa shape index (κ3) is 3.27. The molecule has 20 heavy (non-hydrogen) atoms. The number of aromatic nitrogens is 1. The summed E-state index contributed by atoms with van der Waals surface area (Å²) in [5.41, 5.74) is 1.91. The second-order valence-electron chi connectivity index (χ2n) is 4.19. The molecule has 0 saturated heterocycles. The van der Waals surface area contributed by atoms with Crippen LogP contribution in [-0.2, 0) is 6.54 Å². The molecule has 106 valence electrons. The quantitative estimate of drug-likeness (QED) is 0.761. The van der Waals surface area contributed by atoms with Crippen molar-refractivity contribution in [3.05, 3.63) is 51.2 Å². The molecule has 3 nitrogen and oxygen atoms in total. The van der Waals surface area contributed by atoms with Gasteiger partial charge in [-0.05, 0) is 53.4 Å². The van der Waals surface area contributed by atoms with Crippen LogP contribution in [0.1, 0.15) is 6.92 Å². The Balaban J connectivity index is 2.44. The first kappa shape index (κ1) is 15.2. The van der Waals surface area contributed by atoms with Gasteiger partial charge in [0.05, 0.1) is 5.69 Å². The molecule has 0 saturated carbocycles. The summed E-state index contributed by atoms with van der Waals surface area (Å²) in [6.07, 6.45) is 1.99. The topological polar surface area (TPSA) is 31.2 Å². The number of ether oxygens (including phenoxy) is 1. The normalized spacial score (nSPS) is 10.6. The van der Waals surface area contributed by atoms with Crippen LogP contribution >= 0.6 is 27.7 Å². The van der Waals surface area contributed by atoms with Crippen LogP contribution < -0.4 is 10.3 Å². The Labute approximate surface area is 131 Å². The summed E-state index contributed by atoms with van der Waals surface area (Å²) in [5.74, 6) is 1.44. The third-order valence-electron chi connectivity index (χ3n) is 2.93. The van der Waals surface area contributed by atoms with E-state index in [4.69, 9.17) is 4.74 Å². The minimum Gasteiger partial charge on any atom is -0.483 e. The summed E-state index contributed by atoms with van der Waals surface area (Å²) in [6, 6.07) is 11.1. The van der Waals surface area contributed by atoms with Crippen LogP contribution in [0.15, 0.2) is 45.7 Å². The number of nitrogens with zero attached hydrogens (tertiary/aromatic N) is 1. The summed E-state index contributed by atoms with van der Waals surface area (Å²) in [4.78, 5) is 11.9. The summed E-state index contributed by atoms with van der Waals surface area (Å²) >= 11 is 5.19. The Kier molecular flexibility index (Phi) is 5.31. The van der Waals surface area contributed by atoms with Crippen molar-refractivity contribution in [1.82, 2.24) is 4.57 Å². The molecule has 0 amide bonds. The van der Waals surface area contributed by atoms with Gasteiger partial charge in [-0.25, -0.2) is 0 Å². The number of rotatable bonds is 5. The minimum absolute atomic E-state index is 0.0135. The average Bonchev–Trinajstić information content (AvgIpc) is 2.45. The molecule has 0 unspecified atom stereocenters. The fraction of sp³-hybridized carbons (Fsp3) is 0.267. The van der Waals surface area contributed by atoms with E-state index in [0.29, 0.717) is 12.5 Å². The highest BCUT2D eigenvalue weighted by Crippen LogP contribution is 2.31. The van der Waals surface area contributed by atoms with E-state index >= 15 is 0 Å². The molecule has 1 aromatic heterocycles. The van der Waals surface area contributed by atoms with E-state index in [1.165, 1.54) is 0 Å². The average molecular weight is 354 g/mol. The second-order valence-corrected chi connectivity index (χ2v) is 5.85. The van der Waals surface area contributed by atoms with Crippen LogP contribution in [0.5, 0.6) is 5.75 Å². The van der Waals surface area contributed by atoms with Gasteiger partial charge in [0.25, 0.3) is 5.56 Å². The number of thioether (sulfide) groups is 1. The van der Waals surface area contributed by atoms with E-state index in [0.717, 1.165) is 21.5 Å². The Morgan fingerprint density at radius 1 is 1.30 bits per heavy atom. The van der Waals surface area contributed by atoms with Gasteiger partial charge in [-0.2, -0.15) is 0 Å². The molecule has 0 N–H and O–H groups in total. The molecule has 0 aliphatic heterocycles. The molecule has 0 aliphatic rings. The zero-order chi connectivity index (χ0) is 14.5. The van der Waals surface area contributed by atoms with E-state index in [1.54, 1.807) is 28.5 Å². The van der Waals surface area contributed by atoms with Gasteiger partial charge < -0.3 is 9.30 Å². The fourth-order valence-electron chi connectivity index (χ4n) is 2.00. The highest BCUT2D eigenvalue weighted by molar-refractivity contribution is 9.10. The Hall–Kier alpha value is -1.20. The van der Waals surface area contributed by atoms with Crippen LogP contribution in [0.4, 0.5) is 0 Å². The van der Waals surface area contributed by atoms with Crippen LogP contribution in [0.2, 0.25) is 0 Å². The van der Waals surface area contributed by atoms with Gasteiger partial charge in [-0.1, -0.05) is 6.07 Å². The van der Waals surface area contributed by atoms with Crippen molar-refractivity contribution in [2.45, 2.75) is 13.5 Å². The summed E-state index contributed by atoms with van der Waals surface area (Å²) in [5, 5.41) is 0. The summed E-state index contributed by atoms with van der Waals surface area (Å²) in [7, 11) is 0. The molecule has 0 aliphatic carbocycles. The molecule has 0 fully saturated rings. The fourth-order valence-corrected chi connectivity index (χ4v) is 2.82. The lowest BCUT2D eigenvalue weighted by Gasteiger charge is -2.13. The maximum absolute atomic E-state index is 11.9. The van der Waals surface area contributed by atoms with Crippen molar-refractivity contribution >= 4 is 27.7 Å². The lowest BCUT2D eigenvalue weighted by atomic mass is 10.1. The lowest BCUT2D eigenvalue weighted by Crippen LogP contribution is -2.19. The largest absolute Gasteiger partial charge is 0.483 e. The lowest BCUT2D eigenvalue weighted by molar-refractivity contribution is 0.393. The first-order chi connectivity index (χ1) is 9.67. The van der Waals surface area contributed by atoms with Gasteiger partial charge in [-0.15, -0.1) is 11.8 Å². The number of hydrogen-bond acceptors (Lipinski definition) is 3. The Morgan fingerprint density at radius 3 is 2.75 bits per heavy atom. The van der Waals surface area contributed by atoms with Gasteiger partial charge >= 0.3 is 0 Å². The number of pyridine rings is 1. The molecular formula is C15H16BrNO2S. The Morgan fingerprint density at radius 2 is 2.10 bits per heavy atom. The van der Waals surface area contributed by atoms with E-state index in [-0.39, 0.29) is 5.56 Å². The summed E-state index contributed by atoms with van der Waals surface area (Å²) in [6.45, 7) is 2.61. The van der Waals surface area contributed by atoms with Crippen molar-refractivity contribution in [1.29, 1.82) is 0 Å². The SMILES string of the molecule is CCn1c(-c2ccc(OCSC)cc2Br)cccc1=O. The van der Waals surface area contributed by atoms with Crippen LogP contribution in [0, 0.1) is 0 Å². The van der Waals surface area contributed by atoms with E-state index in [2.05, 4.69) is 15.9 Å². The smallest absolute Gasteiger partial charge is 0.250 e. The van der Waals surface area contributed by atoms with E-state index < -0.39 is 0 Å². The summed E-state index contributed by atoms with van der Waals surface area (Å²) < 4.78 is 8.24. The predicted molar refractivity (Wildman–Crippen MR) is 88.5 cm³/mol. The molecule has 1 aromatic carbocycles. The van der Waals surface area contributed by atoms with Crippen molar-refractivity contribution in [2.75, 3.05) is 12.2 Å². The zero-order valence-corrected chi connectivity index (χ0v) is 13.8. The van der Waals surface area contributed by atoms with Crippen molar-refractivity contribution in [2.24, 2.45) is 0 Å². The molecule has 0 atom stereocenters. The standard InChI is InChI=1S/C15H16BrNO2S/c1-3-17-14(5-4-6-15(17)18)12-8-7-11(9-13(12)16)19-10-20-2/h4-9H,3,10H2,1-2H3.